The van der Waals surface area contributed by atoms with Gasteiger partial charge in [-0.25, -0.2) is 13.8 Å². The first kappa shape index (κ1) is 17.8. The average Bonchev–Trinajstić information content (AvgIpc) is 3.07. The van der Waals surface area contributed by atoms with Crippen LogP contribution in [0.5, 0.6) is 0 Å². The third-order valence-corrected chi connectivity index (χ3v) is 4.40. The van der Waals surface area contributed by atoms with Gasteiger partial charge < -0.3 is 5.32 Å². The molecule has 0 spiro atoms. The number of H-pyrrole nitrogens is 1. The molecule has 0 amide bonds. The summed E-state index contributed by atoms with van der Waals surface area (Å²) < 4.78 is 27.9. The lowest BCUT2D eigenvalue weighted by molar-refractivity contribution is 0.580. The molecule has 0 saturated heterocycles. The maximum atomic E-state index is 13.3. The Kier molecular flexibility index (Phi) is 4.60. The summed E-state index contributed by atoms with van der Waals surface area (Å²) in [7, 11) is 0. The standard InChI is InChI=1S/C20H17F2N5O/c1-12-17(9-13-5-3-2-4-6-13)18(28)27-20(24-12)25-19(26-27)23-11-14-7-15(21)10-16(22)8-14/h2-8,10H,9,11H2,1H3,(H2,23,24,25,26). The molecule has 4 rings (SSSR count). The van der Waals surface area contributed by atoms with E-state index in [0.717, 1.165) is 11.6 Å². The Morgan fingerprint density at radius 2 is 1.75 bits per heavy atom. The number of aromatic nitrogens is 4. The fourth-order valence-corrected chi connectivity index (χ4v) is 3.04. The Hall–Kier alpha value is -3.55. The van der Waals surface area contributed by atoms with Crippen molar-refractivity contribution in [1.29, 1.82) is 0 Å². The SMILES string of the molecule is Cc1nc2nc(NCc3cc(F)cc(F)c3)[nH]n2c(=O)c1Cc1ccccc1. The third kappa shape index (κ3) is 3.62. The molecule has 2 N–H and O–H groups in total. The van der Waals surface area contributed by atoms with E-state index in [-0.39, 0.29) is 23.8 Å². The fraction of sp³-hybridized carbons (Fsp3) is 0.150. The zero-order chi connectivity index (χ0) is 19.7. The van der Waals surface area contributed by atoms with Crippen LogP contribution in [0.3, 0.4) is 0 Å². The van der Waals surface area contributed by atoms with E-state index in [0.29, 0.717) is 23.2 Å². The van der Waals surface area contributed by atoms with Crippen molar-refractivity contribution in [2.45, 2.75) is 19.9 Å². The van der Waals surface area contributed by atoms with Crippen molar-refractivity contribution in [3.8, 4) is 0 Å². The van der Waals surface area contributed by atoms with Gasteiger partial charge in [0, 0.05) is 24.6 Å². The minimum Gasteiger partial charge on any atom is -0.351 e. The Balaban J connectivity index is 1.62. The molecule has 0 aliphatic rings. The monoisotopic (exact) mass is 381 g/mol. The molecule has 0 bridgehead atoms. The van der Waals surface area contributed by atoms with E-state index in [2.05, 4.69) is 20.4 Å². The first-order chi connectivity index (χ1) is 13.5. The number of benzene rings is 2. The zero-order valence-electron chi connectivity index (χ0n) is 15.0. The number of anilines is 1. The van der Waals surface area contributed by atoms with E-state index >= 15 is 0 Å². The topological polar surface area (TPSA) is 75.1 Å². The Morgan fingerprint density at radius 3 is 2.46 bits per heavy atom. The predicted octanol–water partition coefficient (Wildman–Crippen LogP) is 3.21. The molecular formula is C20H17F2N5O. The predicted molar refractivity (Wildman–Crippen MR) is 101 cm³/mol. The van der Waals surface area contributed by atoms with Crippen LogP contribution in [-0.2, 0) is 13.0 Å². The number of nitrogens with zero attached hydrogens (tertiary/aromatic N) is 3. The molecule has 0 fully saturated rings. The largest absolute Gasteiger partial charge is 0.351 e. The molecule has 142 valence electrons. The molecule has 28 heavy (non-hydrogen) atoms. The highest BCUT2D eigenvalue weighted by Gasteiger charge is 2.14. The highest BCUT2D eigenvalue weighted by Crippen LogP contribution is 2.12. The number of aryl methyl sites for hydroxylation is 1. The van der Waals surface area contributed by atoms with Crippen LogP contribution in [0.15, 0.2) is 53.3 Å². The Bertz CT molecular complexity index is 1180. The number of nitrogens with one attached hydrogen (secondary N) is 2. The van der Waals surface area contributed by atoms with Gasteiger partial charge >= 0.3 is 0 Å². The van der Waals surface area contributed by atoms with Gasteiger partial charge in [-0.05, 0) is 30.2 Å². The lowest BCUT2D eigenvalue weighted by Crippen LogP contribution is -2.22. The van der Waals surface area contributed by atoms with Crippen LogP contribution >= 0.6 is 0 Å². The smallest absolute Gasteiger partial charge is 0.277 e. The highest BCUT2D eigenvalue weighted by molar-refractivity contribution is 5.40. The Morgan fingerprint density at radius 1 is 1.04 bits per heavy atom. The third-order valence-electron chi connectivity index (χ3n) is 4.40. The van der Waals surface area contributed by atoms with Gasteiger partial charge in [-0.1, -0.05) is 30.3 Å². The molecule has 0 radical (unpaired) electrons. The zero-order valence-corrected chi connectivity index (χ0v) is 15.0. The van der Waals surface area contributed by atoms with Crippen molar-refractivity contribution in [2.75, 3.05) is 5.32 Å². The summed E-state index contributed by atoms with van der Waals surface area (Å²) in [4.78, 5) is 21.5. The second-order valence-electron chi connectivity index (χ2n) is 6.48. The van der Waals surface area contributed by atoms with E-state index in [1.165, 1.54) is 16.6 Å². The van der Waals surface area contributed by atoms with Crippen molar-refractivity contribution < 1.29 is 8.78 Å². The van der Waals surface area contributed by atoms with E-state index in [1.807, 2.05) is 30.3 Å². The van der Waals surface area contributed by atoms with Gasteiger partial charge in [0.2, 0.25) is 5.95 Å². The van der Waals surface area contributed by atoms with E-state index in [4.69, 9.17) is 0 Å². The van der Waals surface area contributed by atoms with Crippen LogP contribution in [-0.4, -0.2) is 19.6 Å². The number of aromatic amines is 1. The quantitative estimate of drug-likeness (QED) is 0.557. The van der Waals surface area contributed by atoms with Gasteiger partial charge in [-0.3, -0.25) is 9.89 Å². The van der Waals surface area contributed by atoms with Crippen molar-refractivity contribution in [2.24, 2.45) is 0 Å². The van der Waals surface area contributed by atoms with Gasteiger partial charge in [-0.2, -0.15) is 9.50 Å². The van der Waals surface area contributed by atoms with Crippen molar-refractivity contribution >= 4 is 11.7 Å². The number of hydrogen-bond acceptors (Lipinski definition) is 4. The van der Waals surface area contributed by atoms with Gasteiger partial charge in [-0.15, -0.1) is 0 Å². The first-order valence-electron chi connectivity index (χ1n) is 8.70. The summed E-state index contributed by atoms with van der Waals surface area (Å²) in [6.45, 7) is 1.91. The lowest BCUT2D eigenvalue weighted by Gasteiger charge is -2.05. The van der Waals surface area contributed by atoms with Gasteiger partial charge in [0.1, 0.15) is 11.6 Å². The summed E-state index contributed by atoms with van der Waals surface area (Å²) in [5.74, 6) is -0.793. The number of rotatable bonds is 5. The molecule has 0 saturated carbocycles. The number of hydrogen-bond donors (Lipinski definition) is 2. The van der Waals surface area contributed by atoms with Crippen LogP contribution < -0.4 is 10.9 Å². The highest BCUT2D eigenvalue weighted by atomic mass is 19.1. The maximum Gasteiger partial charge on any atom is 0.277 e. The fourth-order valence-electron chi connectivity index (χ4n) is 3.04. The number of halogens is 2. The average molecular weight is 381 g/mol. The molecule has 2 aromatic heterocycles. The summed E-state index contributed by atoms with van der Waals surface area (Å²) in [5.41, 5.74) is 2.38. The molecule has 0 atom stereocenters. The van der Waals surface area contributed by atoms with Crippen LogP contribution in [0.1, 0.15) is 22.4 Å². The summed E-state index contributed by atoms with van der Waals surface area (Å²) >= 11 is 0. The second-order valence-corrected chi connectivity index (χ2v) is 6.48. The summed E-state index contributed by atoms with van der Waals surface area (Å²) in [5, 5.41) is 5.77. The van der Waals surface area contributed by atoms with Gasteiger partial charge in [0.15, 0.2) is 0 Å². The minimum absolute atomic E-state index is 0.138. The van der Waals surface area contributed by atoms with E-state index in [9.17, 15) is 13.6 Å². The van der Waals surface area contributed by atoms with E-state index in [1.54, 1.807) is 6.92 Å². The molecule has 0 aliphatic heterocycles. The molecule has 8 heteroatoms. The van der Waals surface area contributed by atoms with Crippen LogP contribution in [0.4, 0.5) is 14.7 Å². The molecule has 4 aromatic rings. The van der Waals surface area contributed by atoms with Crippen LogP contribution in [0.2, 0.25) is 0 Å². The maximum absolute atomic E-state index is 13.3. The molecule has 2 aromatic carbocycles. The van der Waals surface area contributed by atoms with Crippen LogP contribution in [0.25, 0.3) is 5.78 Å². The number of fused-ring (bicyclic) bond motifs is 1. The lowest BCUT2D eigenvalue weighted by atomic mass is 10.1. The first-order valence-corrected chi connectivity index (χ1v) is 8.70. The summed E-state index contributed by atoms with van der Waals surface area (Å²) in [6.07, 6.45) is 0.464. The van der Waals surface area contributed by atoms with Crippen LogP contribution in [0, 0.1) is 18.6 Å². The molecule has 0 unspecified atom stereocenters. The van der Waals surface area contributed by atoms with E-state index < -0.39 is 11.6 Å². The molecule has 2 heterocycles. The normalized spacial score (nSPS) is 11.1. The van der Waals surface area contributed by atoms with Crippen molar-refractivity contribution in [3.05, 3.63) is 92.9 Å². The van der Waals surface area contributed by atoms with Crippen molar-refractivity contribution in [3.63, 3.8) is 0 Å². The summed E-state index contributed by atoms with van der Waals surface area (Å²) in [6, 6.07) is 12.9. The molecule has 6 nitrogen and oxygen atoms in total. The van der Waals surface area contributed by atoms with Gasteiger partial charge in [0.25, 0.3) is 11.3 Å². The molecule has 0 aliphatic carbocycles. The minimum atomic E-state index is -0.652. The van der Waals surface area contributed by atoms with Crippen molar-refractivity contribution in [1.82, 2.24) is 19.6 Å². The Labute approximate surface area is 158 Å². The van der Waals surface area contributed by atoms with Gasteiger partial charge in [0.05, 0.1) is 5.69 Å². The molecular weight excluding hydrogens is 364 g/mol. The second kappa shape index (κ2) is 7.22.